The minimum atomic E-state index is 0.248. The Balaban J connectivity index is 2.53. The number of nitrogens with zero attached hydrogens (tertiary/aromatic N) is 4. The molecule has 2 N–H and O–H groups in total. The fourth-order valence-corrected chi connectivity index (χ4v) is 2.27. The van der Waals surface area contributed by atoms with Crippen molar-refractivity contribution in [2.45, 2.75) is 0 Å². The lowest BCUT2D eigenvalue weighted by molar-refractivity contribution is 0.975. The van der Waals surface area contributed by atoms with Crippen LogP contribution in [0.15, 0.2) is 42.6 Å². The first-order valence-corrected chi connectivity index (χ1v) is 5.90. The Hall–Kier alpha value is -3.31. The summed E-state index contributed by atoms with van der Waals surface area (Å²) in [5.41, 5.74) is 8.65. The number of hydrogen-bond acceptors (Lipinski definition) is 3. The molecule has 2 heterocycles. The second-order valence-corrected chi connectivity index (χ2v) is 4.20. The molecule has 5 heteroatoms. The summed E-state index contributed by atoms with van der Waals surface area (Å²) in [6.45, 7) is 7.37. The quantitative estimate of drug-likeness (QED) is 0.683. The second-order valence-electron chi connectivity index (χ2n) is 4.20. The summed E-state index contributed by atoms with van der Waals surface area (Å²) in [6, 6.07) is 13.2. The smallest absolute Gasteiger partial charge is 0.237 e. The van der Waals surface area contributed by atoms with Crippen molar-refractivity contribution in [3.05, 3.63) is 59.6 Å². The lowest BCUT2D eigenvalue weighted by Crippen LogP contribution is -2.02. The first kappa shape index (κ1) is 11.8. The zero-order valence-electron chi connectivity index (χ0n) is 10.4. The Kier molecular flexibility index (Phi) is 2.60. The van der Waals surface area contributed by atoms with Gasteiger partial charge in [-0.3, -0.25) is 0 Å². The van der Waals surface area contributed by atoms with Gasteiger partial charge in [0.05, 0.1) is 23.8 Å². The summed E-state index contributed by atoms with van der Waals surface area (Å²) in [4.78, 5) is 3.50. The standard InChI is InChI=1S/C15H9N5/c1-18-14-13(10-5-3-2-4-6-10)11(9-16)12-7-8-19-20(12)15(14)17/h2-8H,17H2. The number of aromatic nitrogens is 2. The highest BCUT2D eigenvalue weighted by molar-refractivity contribution is 5.94. The van der Waals surface area contributed by atoms with E-state index >= 15 is 0 Å². The van der Waals surface area contributed by atoms with Gasteiger partial charge in [0.15, 0.2) is 0 Å². The molecule has 94 valence electrons. The molecule has 0 bridgehead atoms. The molecule has 0 saturated heterocycles. The van der Waals surface area contributed by atoms with Gasteiger partial charge in [0.2, 0.25) is 5.69 Å². The van der Waals surface area contributed by atoms with Gasteiger partial charge in [-0.05, 0) is 11.6 Å². The van der Waals surface area contributed by atoms with E-state index in [1.807, 2.05) is 30.3 Å². The lowest BCUT2D eigenvalue weighted by Gasteiger charge is -2.12. The Morgan fingerprint density at radius 2 is 2.00 bits per heavy atom. The van der Waals surface area contributed by atoms with E-state index in [1.165, 1.54) is 4.52 Å². The molecule has 0 aliphatic carbocycles. The van der Waals surface area contributed by atoms with Gasteiger partial charge in [0.25, 0.3) is 0 Å². The van der Waals surface area contributed by atoms with Crippen LogP contribution in [-0.2, 0) is 0 Å². The van der Waals surface area contributed by atoms with Gasteiger partial charge in [-0.2, -0.15) is 10.4 Å². The van der Waals surface area contributed by atoms with Gasteiger partial charge in [0.1, 0.15) is 11.9 Å². The van der Waals surface area contributed by atoms with Crippen molar-refractivity contribution < 1.29 is 0 Å². The molecular formula is C15H9N5. The highest BCUT2D eigenvalue weighted by atomic mass is 15.3. The van der Waals surface area contributed by atoms with Crippen LogP contribution in [-0.4, -0.2) is 9.61 Å². The predicted octanol–water partition coefficient (Wildman–Crippen LogP) is 3.01. The molecule has 0 saturated carbocycles. The molecule has 1 aromatic carbocycles. The maximum atomic E-state index is 9.47. The molecule has 0 unspecified atom stereocenters. The van der Waals surface area contributed by atoms with Gasteiger partial charge >= 0.3 is 0 Å². The first-order chi connectivity index (χ1) is 9.77. The summed E-state index contributed by atoms with van der Waals surface area (Å²) in [6.07, 6.45) is 1.56. The number of fused-ring (bicyclic) bond motifs is 1. The molecule has 20 heavy (non-hydrogen) atoms. The van der Waals surface area contributed by atoms with Crippen LogP contribution in [0.4, 0.5) is 11.5 Å². The van der Waals surface area contributed by atoms with Crippen molar-refractivity contribution >= 4 is 17.0 Å². The van der Waals surface area contributed by atoms with Crippen LogP contribution in [0.25, 0.3) is 21.5 Å². The zero-order chi connectivity index (χ0) is 14.1. The maximum absolute atomic E-state index is 9.47. The molecule has 0 spiro atoms. The van der Waals surface area contributed by atoms with Crippen LogP contribution in [0.2, 0.25) is 0 Å². The molecule has 0 radical (unpaired) electrons. The van der Waals surface area contributed by atoms with Crippen molar-refractivity contribution in [1.29, 1.82) is 5.26 Å². The molecule has 0 aliphatic heterocycles. The molecule has 3 aromatic rings. The van der Waals surface area contributed by atoms with Gasteiger partial charge in [0, 0.05) is 5.56 Å². The van der Waals surface area contributed by atoms with Crippen molar-refractivity contribution in [3.8, 4) is 17.2 Å². The number of hydrogen-bond donors (Lipinski definition) is 1. The van der Waals surface area contributed by atoms with E-state index in [1.54, 1.807) is 12.3 Å². The fourth-order valence-electron chi connectivity index (χ4n) is 2.27. The van der Waals surface area contributed by atoms with Crippen molar-refractivity contribution in [2.24, 2.45) is 0 Å². The zero-order valence-corrected chi connectivity index (χ0v) is 10.4. The number of pyridine rings is 1. The Bertz CT molecular complexity index is 878. The third kappa shape index (κ3) is 1.51. The number of nitrogens with two attached hydrogens (primary N) is 1. The molecule has 0 fully saturated rings. The maximum Gasteiger partial charge on any atom is 0.237 e. The van der Waals surface area contributed by atoms with Crippen LogP contribution in [0, 0.1) is 17.9 Å². The molecular weight excluding hydrogens is 250 g/mol. The van der Waals surface area contributed by atoms with Crippen molar-refractivity contribution in [2.75, 3.05) is 5.73 Å². The molecule has 2 aromatic heterocycles. The van der Waals surface area contributed by atoms with E-state index in [-0.39, 0.29) is 11.5 Å². The fraction of sp³-hybridized carbons (Fsp3) is 0. The largest absolute Gasteiger partial charge is 0.392 e. The monoisotopic (exact) mass is 259 g/mol. The predicted molar refractivity (Wildman–Crippen MR) is 76.0 cm³/mol. The highest BCUT2D eigenvalue weighted by Gasteiger charge is 2.19. The number of nitrogen functional groups attached to an aromatic ring is 1. The van der Waals surface area contributed by atoms with Crippen LogP contribution in [0.5, 0.6) is 0 Å². The average Bonchev–Trinajstić information content (AvgIpc) is 2.97. The van der Waals surface area contributed by atoms with Gasteiger partial charge < -0.3 is 5.73 Å². The topological polar surface area (TPSA) is 71.5 Å². The number of rotatable bonds is 1. The van der Waals surface area contributed by atoms with Crippen LogP contribution < -0.4 is 5.73 Å². The van der Waals surface area contributed by atoms with Gasteiger partial charge in [-0.1, -0.05) is 30.3 Å². The molecule has 0 amide bonds. The number of nitriles is 1. The Morgan fingerprint density at radius 3 is 2.65 bits per heavy atom. The van der Waals surface area contributed by atoms with Crippen molar-refractivity contribution in [3.63, 3.8) is 0 Å². The van der Waals surface area contributed by atoms with Gasteiger partial charge in [-0.15, -0.1) is 0 Å². The minimum absolute atomic E-state index is 0.248. The summed E-state index contributed by atoms with van der Waals surface area (Å²) in [7, 11) is 0. The molecule has 0 aliphatic rings. The average molecular weight is 259 g/mol. The lowest BCUT2D eigenvalue weighted by atomic mass is 9.98. The van der Waals surface area contributed by atoms with Crippen molar-refractivity contribution in [1.82, 2.24) is 9.61 Å². The minimum Gasteiger partial charge on any atom is -0.392 e. The van der Waals surface area contributed by atoms with E-state index in [0.29, 0.717) is 16.6 Å². The van der Waals surface area contributed by atoms with Gasteiger partial charge in [-0.25, -0.2) is 9.36 Å². The number of benzene rings is 1. The van der Waals surface area contributed by atoms with E-state index in [4.69, 9.17) is 12.3 Å². The van der Waals surface area contributed by atoms with E-state index < -0.39 is 0 Å². The van der Waals surface area contributed by atoms with E-state index in [2.05, 4.69) is 16.0 Å². The second kappa shape index (κ2) is 4.42. The number of anilines is 1. The van der Waals surface area contributed by atoms with E-state index in [0.717, 1.165) is 5.56 Å². The summed E-state index contributed by atoms with van der Waals surface area (Å²) < 4.78 is 1.43. The van der Waals surface area contributed by atoms with Crippen LogP contribution in [0.3, 0.4) is 0 Å². The van der Waals surface area contributed by atoms with Crippen LogP contribution in [0.1, 0.15) is 5.56 Å². The summed E-state index contributed by atoms with van der Waals surface area (Å²) in [5.74, 6) is 0.248. The summed E-state index contributed by atoms with van der Waals surface area (Å²) >= 11 is 0. The first-order valence-electron chi connectivity index (χ1n) is 5.90. The molecule has 0 atom stereocenters. The third-order valence-corrected chi connectivity index (χ3v) is 3.14. The van der Waals surface area contributed by atoms with Crippen LogP contribution >= 0.6 is 0 Å². The Labute approximate surface area is 115 Å². The normalized spacial score (nSPS) is 10.1. The Morgan fingerprint density at radius 1 is 1.25 bits per heavy atom. The highest BCUT2D eigenvalue weighted by Crippen LogP contribution is 2.39. The summed E-state index contributed by atoms with van der Waals surface area (Å²) in [5, 5.41) is 13.5. The molecule has 5 nitrogen and oxygen atoms in total. The molecule has 3 rings (SSSR count). The van der Waals surface area contributed by atoms with E-state index in [9.17, 15) is 5.26 Å². The SMILES string of the molecule is [C-]#[N+]c1c(-c2ccccc2)c(C#N)c2ccnn2c1N. The third-order valence-electron chi connectivity index (χ3n) is 3.14.